The second-order valence-electron chi connectivity index (χ2n) is 4.43. The maximum atomic E-state index is 12.1. The van der Waals surface area contributed by atoms with Crippen molar-refractivity contribution in [1.29, 1.82) is 0 Å². The Hall–Kier alpha value is -1.83. The fourth-order valence-corrected chi connectivity index (χ4v) is 1.68. The molecule has 1 amide bonds. The van der Waals surface area contributed by atoms with E-state index in [1.807, 2.05) is 25.1 Å². The zero-order valence-corrected chi connectivity index (χ0v) is 12.0. The van der Waals surface area contributed by atoms with Crippen LogP contribution in [0, 0.1) is 18.8 Å². The highest BCUT2D eigenvalue weighted by Crippen LogP contribution is 2.11. The molecule has 0 unspecified atom stereocenters. The molecule has 0 aliphatic carbocycles. The molecule has 0 aliphatic rings. The quantitative estimate of drug-likeness (QED) is 0.611. The molecule has 0 spiro atoms. The number of carbonyl (C=O) groups is 1. The number of amides is 1. The van der Waals surface area contributed by atoms with E-state index >= 15 is 0 Å². The fraction of sp³-hybridized carbons (Fsp3) is 0.438. The molecule has 1 aromatic rings. The van der Waals surface area contributed by atoms with Crippen molar-refractivity contribution in [2.45, 2.75) is 19.8 Å². The number of aliphatic hydroxyl groups excluding tert-OH is 1. The number of methoxy groups -OCH3 is 1. The summed E-state index contributed by atoms with van der Waals surface area (Å²) in [6.07, 6.45) is 1.18. The van der Waals surface area contributed by atoms with Gasteiger partial charge >= 0.3 is 0 Å². The molecule has 20 heavy (non-hydrogen) atoms. The Balaban J connectivity index is 2.78. The molecule has 0 aromatic heterocycles. The Morgan fingerprint density at radius 2 is 2.25 bits per heavy atom. The first-order valence-corrected chi connectivity index (χ1v) is 6.66. The molecule has 0 heterocycles. The first kappa shape index (κ1) is 16.2. The number of nitrogens with one attached hydrogen (secondary N) is 1. The summed E-state index contributed by atoms with van der Waals surface area (Å²) in [6.45, 7) is 3.16. The van der Waals surface area contributed by atoms with Gasteiger partial charge in [0.15, 0.2) is 0 Å². The lowest BCUT2D eigenvalue weighted by atomic mass is 10.0. The summed E-state index contributed by atoms with van der Waals surface area (Å²) in [5, 5.41) is 11.6. The third-order valence-corrected chi connectivity index (χ3v) is 2.69. The van der Waals surface area contributed by atoms with Crippen LogP contribution in [-0.4, -0.2) is 37.9 Å². The van der Waals surface area contributed by atoms with Crippen LogP contribution in [0.3, 0.4) is 0 Å². The van der Waals surface area contributed by atoms with Gasteiger partial charge < -0.3 is 15.2 Å². The SMILES string of the molecule is COCCCNC(=O)c1cc(C)ccc1C#CCCO. The van der Waals surface area contributed by atoms with Gasteiger partial charge in [0, 0.05) is 32.2 Å². The van der Waals surface area contributed by atoms with Crippen molar-refractivity contribution >= 4 is 5.91 Å². The lowest BCUT2D eigenvalue weighted by Crippen LogP contribution is -2.26. The molecular weight excluding hydrogens is 254 g/mol. The van der Waals surface area contributed by atoms with E-state index in [2.05, 4.69) is 17.2 Å². The first-order valence-electron chi connectivity index (χ1n) is 6.66. The third kappa shape index (κ3) is 5.43. The highest BCUT2D eigenvalue weighted by atomic mass is 16.5. The summed E-state index contributed by atoms with van der Waals surface area (Å²) in [5.41, 5.74) is 2.28. The number of aliphatic hydroxyl groups is 1. The Kier molecular flexibility index (Phi) is 7.41. The number of ether oxygens (including phenoxy) is 1. The van der Waals surface area contributed by atoms with E-state index in [9.17, 15) is 4.79 Å². The van der Waals surface area contributed by atoms with E-state index in [1.165, 1.54) is 0 Å². The first-order chi connectivity index (χ1) is 9.69. The van der Waals surface area contributed by atoms with Crippen molar-refractivity contribution < 1.29 is 14.6 Å². The molecule has 0 aliphatic heterocycles. The summed E-state index contributed by atoms with van der Waals surface area (Å²) < 4.78 is 4.94. The molecule has 1 aromatic carbocycles. The highest BCUT2D eigenvalue weighted by Gasteiger charge is 2.09. The van der Waals surface area contributed by atoms with Gasteiger partial charge in [0.2, 0.25) is 0 Å². The van der Waals surface area contributed by atoms with Crippen LogP contribution in [0.1, 0.15) is 34.3 Å². The van der Waals surface area contributed by atoms with Gasteiger partial charge in [0.1, 0.15) is 0 Å². The van der Waals surface area contributed by atoms with Gasteiger partial charge in [0.25, 0.3) is 5.91 Å². The van der Waals surface area contributed by atoms with Crippen LogP contribution in [-0.2, 0) is 4.74 Å². The molecular formula is C16H21NO3. The van der Waals surface area contributed by atoms with Crippen LogP contribution < -0.4 is 5.32 Å². The average Bonchev–Trinajstić information content (AvgIpc) is 2.45. The van der Waals surface area contributed by atoms with E-state index in [0.29, 0.717) is 30.7 Å². The monoisotopic (exact) mass is 275 g/mol. The smallest absolute Gasteiger partial charge is 0.252 e. The number of aryl methyl sites for hydroxylation is 1. The second kappa shape index (κ2) is 9.13. The lowest BCUT2D eigenvalue weighted by molar-refractivity contribution is 0.0948. The zero-order chi connectivity index (χ0) is 14.8. The normalized spacial score (nSPS) is 9.75. The van der Waals surface area contributed by atoms with Crippen molar-refractivity contribution in [1.82, 2.24) is 5.32 Å². The van der Waals surface area contributed by atoms with Crippen LogP contribution >= 0.6 is 0 Å². The molecule has 0 atom stereocenters. The minimum absolute atomic E-state index is 0.0252. The summed E-state index contributed by atoms with van der Waals surface area (Å²) in [7, 11) is 1.64. The Morgan fingerprint density at radius 1 is 1.45 bits per heavy atom. The summed E-state index contributed by atoms with van der Waals surface area (Å²) in [5.74, 6) is 5.64. The molecule has 4 nitrogen and oxygen atoms in total. The Bertz CT molecular complexity index is 500. The van der Waals surface area contributed by atoms with Crippen LogP contribution in [0.4, 0.5) is 0 Å². The zero-order valence-electron chi connectivity index (χ0n) is 12.0. The topological polar surface area (TPSA) is 58.6 Å². The summed E-state index contributed by atoms with van der Waals surface area (Å²) >= 11 is 0. The van der Waals surface area contributed by atoms with Crippen molar-refractivity contribution in [2.75, 3.05) is 26.9 Å². The van der Waals surface area contributed by atoms with Crippen molar-refractivity contribution in [3.63, 3.8) is 0 Å². The molecule has 0 fully saturated rings. The molecule has 2 N–H and O–H groups in total. The van der Waals surface area contributed by atoms with Gasteiger partial charge in [0.05, 0.1) is 12.2 Å². The minimum atomic E-state index is -0.127. The standard InChI is InChI=1S/C16H21NO3/c1-13-7-8-14(6-3-4-10-18)15(12-13)16(19)17-9-5-11-20-2/h7-8,12,18H,4-5,9-11H2,1-2H3,(H,17,19). The van der Waals surface area contributed by atoms with Crippen LogP contribution in [0.2, 0.25) is 0 Å². The largest absolute Gasteiger partial charge is 0.395 e. The number of hydrogen-bond donors (Lipinski definition) is 2. The van der Waals surface area contributed by atoms with Gasteiger partial charge in [-0.1, -0.05) is 23.5 Å². The maximum Gasteiger partial charge on any atom is 0.252 e. The van der Waals surface area contributed by atoms with Gasteiger partial charge in [-0.25, -0.2) is 0 Å². The molecule has 0 saturated carbocycles. The summed E-state index contributed by atoms with van der Waals surface area (Å²) in [4.78, 5) is 12.1. The maximum absolute atomic E-state index is 12.1. The van der Waals surface area contributed by atoms with E-state index in [4.69, 9.17) is 9.84 Å². The highest BCUT2D eigenvalue weighted by molar-refractivity contribution is 5.96. The second-order valence-corrected chi connectivity index (χ2v) is 4.43. The fourth-order valence-electron chi connectivity index (χ4n) is 1.68. The molecule has 1 rings (SSSR count). The number of rotatable bonds is 6. The molecule has 0 saturated heterocycles. The molecule has 0 radical (unpaired) electrons. The van der Waals surface area contributed by atoms with Crippen LogP contribution in [0.5, 0.6) is 0 Å². The van der Waals surface area contributed by atoms with Gasteiger partial charge in [-0.05, 0) is 25.5 Å². The summed E-state index contributed by atoms with van der Waals surface area (Å²) in [6, 6.07) is 5.59. The minimum Gasteiger partial charge on any atom is -0.395 e. The predicted molar refractivity (Wildman–Crippen MR) is 78.6 cm³/mol. The Labute approximate surface area is 120 Å². The number of carbonyl (C=O) groups excluding carboxylic acids is 1. The van der Waals surface area contributed by atoms with Crippen LogP contribution in [0.15, 0.2) is 18.2 Å². The average molecular weight is 275 g/mol. The molecule has 108 valence electrons. The van der Waals surface area contributed by atoms with E-state index in [0.717, 1.165) is 12.0 Å². The molecule has 0 bridgehead atoms. The molecule has 4 heteroatoms. The van der Waals surface area contributed by atoms with Crippen LogP contribution in [0.25, 0.3) is 0 Å². The van der Waals surface area contributed by atoms with E-state index < -0.39 is 0 Å². The Morgan fingerprint density at radius 3 is 2.95 bits per heavy atom. The number of benzene rings is 1. The van der Waals surface area contributed by atoms with Crippen molar-refractivity contribution in [3.05, 3.63) is 34.9 Å². The van der Waals surface area contributed by atoms with Crippen molar-refractivity contribution in [3.8, 4) is 11.8 Å². The van der Waals surface area contributed by atoms with E-state index in [1.54, 1.807) is 7.11 Å². The van der Waals surface area contributed by atoms with Gasteiger partial charge in [-0.15, -0.1) is 0 Å². The van der Waals surface area contributed by atoms with Gasteiger partial charge in [-0.2, -0.15) is 0 Å². The number of hydrogen-bond acceptors (Lipinski definition) is 3. The van der Waals surface area contributed by atoms with Crippen molar-refractivity contribution in [2.24, 2.45) is 0 Å². The van der Waals surface area contributed by atoms with E-state index in [-0.39, 0.29) is 12.5 Å². The lowest BCUT2D eigenvalue weighted by Gasteiger charge is -2.08. The third-order valence-electron chi connectivity index (χ3n) is 2.69. The van der Waals surface area contributed by atoms with Gasteiger partial charge in [-0.3, -0.25) is 4.79 Å². The predicted octanol–water partition coefficient (Wildman–Crippen LogP) is 1.50.